The van der Waals surface area contributed by atoms with E-state index in [1.54, 1.807) is 6.07 Å². The maximum Gasteiger partial charge on any atom is 0.338 e. The molecule has 6 nitrogen and oxygen atoms in total. The van der Waals surface area contributed by atoms with Gasteiger partial charge in [0, 0.05) is 15.1 Å². The van der Waals surface area contributed by atoms with Gasteiger partial charge in [-0.15, -0.1) is 0 Å². The number of carboxylic acid groups (broad SMARTS) is 1. The smallest absolute Gasteiger partial charge is 0.338 e. The zero-order valence-electron chi connectivity index (χ0n) is 12.7. The molecule has 25 heavy (non-hydrogen) atoms. The number of pyridine rings is 1. The average Bonchev–Trinajstić information content (AvgIpc) is 2.58. The molecule has 0 aliphatic carbocycles. The number of hydrogen-bond acceptors (Lipinski definition) is 5. The molecule has 0 spiro atoms. The molecule has 2 rings (SSSR count). The Kier molecular flexibility index (Phi) is 7.29. The summed E-state index contributed by atoms with van der Waals surface area (Å²) in [6.07, 6.45) is 1.48. The summed E-state index contributed by atoms with van der Waals surface area (Å²) in [6.45, 7) is 0. The molecule has 0 aliphatic heterocycles. The highest BCUT2D eigenvalue weighted by Crippen LogP contribution is 2.43. The average molecular weight is 555 g/mol. The molecule has 0 unspecified atom stereocenters. The van der Waals surface area contributed by atoms with Crippen LogP contribution in [0.4, 0.5) is 5.69 Å². The molecule has 0 aliphatic rings. The molecule has 132 valence electrons. The molecule has 1 aromatic carbocycles. The van der Waals surface area contributed by atoms with E-state index < -0.39 is 5.97 Å². The second kappa shape index (κ2) is 9.02. The lowest BCUT2D eigenvalue weighted by molar-refractivity contribution is -0.113. The Bertz CT molecular complexity index is 833. The van der Waals surface area contributed by atoms with E-state index in [9.17, 15) is 9.59 Å². The minimum Gasteiger partial charge on any atom is -0.493 e. The topological polar surface area (TPSA) is 88.5 Å². The SMILES string of the molecule is COc1c(NC(=O)CSc2ncccc2C(=O)O)cc(Br)c(Br)c1Br. The van der Waals surface area contributed by atoms with Crippen LogP contribution in [0.15, 0.2) is 42.8 Å². The number of nitrogens with zero attached hydrogens (tertiary/aromatic N) is 1. The van der Waals surface area contributed by atoms with Crippen LogP contribution in [0.3, 0.4) is 0 Å². The number of methoxy groups -OCH3 is 1. The number of anilines is 1. The van der Waals surface area contributed by atoms with Crippen LogP contribution in [0.25, 0.3) is 0 Å². The molecule has 0 saturated carbocycles. The number of aromatic carboxylic acids is 1. The van der Waals surface area contributed by atoms with Crippen LogP contribution in [0.5, 0.6) is 5.75 Å². The van der Waals surface area contributed by atoms with E-state index in [0.29, 0.717) is 15.9 Å². The van der Waals surface area contributed by atoms with E-state index in [-0.39, 0.29) is 22.2 Å². The number of amides is 1. The van der Waals surface area contributed by atoms with Crippen molar-refractivity contribution in [3.8, 4) is 5.75 Å². The zero-order valence-corrected chi connectivity index (χ0v) is 18.3. The second-order valence-corrected chi connectivity index (χ2v) is 7.97. The first-order valence-corrected chi connectivity index (χ1v) is 10.0. The van der Waals surface area contributed by atoms with Crippen LogP contribution in [0.2, 0.25) is 0 Å². The summed E-state index contributed by atoms with van der Waals surface area (Å²) in [5.74, 6) is -0.923. The monoisotopic (exact) mass is 552 g/mol. The molecule has 0 radical (unpaired) electrons. The molecule has 10 heteroatoms. The van der Waals surface area contributed by atoms with Gasteiger partial charge in [-0.05, 0) is 66.0 Å². The number of carbonyl (C=O) groups excluding carboxylic acids is 1. The van der Waals surface area contributed by atoms with Gasteiger partial charge < -0.3 is 15.2 Å². The van der Waals surface area contributed by atoms with Crippen LogP contribution >= 0.6 is 59.6 Å². The zero-order chi connectivity index (χ0) is 18.6. The fraction of sp³-hybridized carbons (Fsp3) is 0.133. The normalized spacial score (nSPS) is 10.4. The number of nitrogens with one attached hydrogen (secondary N) is 1. The first kappa shape index (κ1) is 20.2. The lowest BCUT2D eigenvalue weighted by Crippen LogP contribution is -2.15. The Morgan fingerprint density at radius 3 is 2.68 bits per heavy atom. The summed E-state index contributed by atoms with van der Waals surface area (Å²) < 4.78 is 7.47. The molecule has 2 aromatic rings. The number of thioether (sulfide) groups is 1. The number of rotatable bonds is 6. The molecular weight excluding hydrogens is 544 g/mol. The van der Waals surface area contributed by atoms with Gasteiger partial charge >= 0.3 is 5.97 Å². The summed E-state index contributed by atoms with van der Waals surface area (Å²) in [6, 6.07) is 4.69. The summed E-state index contributed by atoms with van der Waals surface area (Å²) in [4.78, 5) is 27.4. The van der Waals surface area contributed by atoms with Crippen LogP contribution in [0, 0.1) is 0 Å². The van der Waals surface area contributed by atoms with Crippen molar-refractivity contribution in [3.63, 3.8) is 0 Å². The Morgan fingerprint density at radius 2 is 2.04 bits per heavy atom. The van der Waals surface area contributed by atoms with Gasteiger partial charge in [-0.25, -0.2) is 9.78 Å². The fourth-order valence-electron chi connectivity index (χ4n) is 1.86. The quantitative estimate of drug-likeness (QED) is 0.394. The summed E-state index contributed by atoms with van der Waals surface area (Å²) in [5.41, 5.74) is 0.543. The van der Waals surface area contributed by atoms with Crippen molar-refractivity contribution in [3.05, 3.63) is 43.4 Å². The van der Waals surface area contributed by atoms with Crippen molar-refractivity contribution in [2.75, 3.05) is 18.2 Å². The molecule has 0 fully saturated rings. The number of aromatic nitrogens is 1. The van der Waals surface area contributed by atoms with E-state index in [1.165, 1.54) is 25.4 Å². The Hall–Kier alpha value is -1.10. The van der Waals surface area contributed by atoms with E-state index >= 15 is 0 Å². The molecule has 0 saturated heterocycles. The number of benzene rings is 1. The maximum atomic E-state index is 12.2. The third-order valence-corrected chi connectivity index (χ3v) is 7.21. The van der Waals surface area contributed by atoms with Gasteiger partial charge in [-0.2, -0.15) is 0 Å². The van der Waals surface area contributed by atoms with Gasteiger partial charge in [0.2, 0.25) is 5.91 Å². The van der Waals surface area contributed by atoms with E-state index in [0.717, 1.165) is 20.7 Å². The highest BCUT2D eigenvalue weighted by molar-refractivity contribution is 9.14. The van der Waals surface area contributed by atoms with Crippen molar-refractivity contribution in [1.29, 1.82) is 0 Å². The third kappa shape index (κ3) is 4.96. The van der Waals surface area contributed by atoms with Crippen molar-refractivity contribution in [1.82, 2.24) is 4.98 Å². The molecular formula is C15H11Br3N2O4S. The summed E-state index contributed by atoms with van der Waals surface area (Å²) in [7, 11) is 1.50. The van der Waals surface area contributed by atoms with Gasteiger partial charge in [-0.1, -0.05) is 11.8 Å². The second-order valence-electron chi connectivity index (χ2n) is 4.57. The van der Waals surface area contributed by atoms with Crippen molar-refractivity contribution < 1.29 is 19.4 Å². The predicted octanol–water partition coefficient (Wildman–Crippen LogP) is 4.81. The molecule has 1 aromatic heterocycles. The van der Waals surface area contributed by atoms with E-state index in [2.05, 4.69) is 58.1 Å². The van der Waals surface area contributed by atoms with Crippen LogP contribution < -0.4 is 10.1 Å². The first-order valence-electron chi connectivity index (χ1n) is 6.67. The van der Waals surface area contributed by atoms with Crippen molar-refractivity contribution >= 4 is 77.1 Å². The number of ether oxygens (including phenoxy) is 1. The van der Waals surface area contributed by atoms with Gasteiger partial charge in [-0.3, -0.25) is 4.79 Å². The number of carboxylic acids is 1. The maximum absolute atomic E-state index is 12.2. The highest BCUT2D eigenvalue weighted by Gasteiger charge is 2.17. The fourth-order valence-corrected chi connectivity index (χ4v) is 4.22. The minimum absolute atomic E-state index is 0.00570. The van der Waals surface area contributed by atoms with Gasteiger partial charge in [0.05, 0.1) is 28.6 Å². The van der Waals surface area contributed by atoms with Gasteiger partial charge in [0.15, 0.2) is 5.75 Å². The van der Waals surface area contributed by atoms with Crippen molar-refractivity contribution in [2.24, 2.45) is 0 Å². The van der Waals surface area contributed by atoms with Crippen LogP contribution in [-0.2, 0) is 4.79 Å². The largest absolute Gasteiger partial charge is 0.493 e. The Morgan fingerprint density at radius 1 is 1.32 bits per heavy atom. The minimum atomic E-state index is -1.08. The van der Waals surface area contributed by atoms with E-state index in [1.807, 2.05) is 0 Å². The standard InChI is InChI=1S/C15H11Br3N2O4S/c1-24-13-9(5-8(16)11(17)12(13)18)20-10(21)6-25-14-7(15(22)23)3-2-4-19-14/h2-5H,6H2,1H3,(H,20,21)(H,22,23). The predicted molar refractivity (Wildman–Crippen MR) is 107 cm³/mol. The lowest BCUT2D eigenvalue weighted by atomic mass is 10.3. The van der Waals surface area contributed by atoms with Gasteiger partial charge in [0.1, 0.15) is 5.03 Å². The number of hydrogen-bond donors (Lipinski definition) is 2. The number of halogens is 3. The van der Waals surface area contributed by atoms with Crippen LogP contribution in [-0.4, -0.2) is 34.8 Å². The molecule has 1 amide bonds. The highest BCUT2D eigenvalue weighted by atomic mass is 79.9. The Labute approximate surface area is 173 Å². The molecule has 0 atom stereocenters. The summed E-state index contributed by atoms with van der Waals surface area (Å²) >= 11 is 11.2. The summed E-state index contributed by atoms with van der Waals surface area (Å²) in [5, 5.41) is 12.2. The van der Waals surface area contributed by atoms with E-state index in [4.69, 9.17) is 9.84 Å². The van der Waals surface area contributed by atoms with Gasteiger partial charge in [0.25, 0.3) is 0 Å². The van der Waals surface area contributed by atoms with Crippen molar-refractivity contribution in [2.45, 2.75) is 5.03 Å². The first-order chi connectivity index (χ1) is 11.8. The Balaban J connectivity index is 2.13. The molecule has 0 bridgehead atoms. The van der Waals surface area contributed by atoms with Crippen LogP contribution in [0.1, 0.15) is 10.4 Å². The third-order valence-electron chi connectivity index (χ3n) is 2.94. The number of carbonyl (C=O) groups is 2. The lowest BCUT2D eigenvalue weighted by Gasteiger charge is -2.14. The molecule has 2 N–H and O–H groups in total. The molecule has 1 heterocycles.